The number of hydrogen-bond donors (Lipinski definition) is 1. The van der Waals surface area contributed by atoms with Gasteiger partial charge in [0.2, 0.25) is 0 Å². The molecule has 78 valence electrons. The molecule has 0 rings (SSSR count). The van der Waals surface area contributed by atoms with Gasteiger partial charge in [-0.2, -0.15) is 0 Å². The zero-order valence-electron chi connectivity index (χ0n) is 7.72. The van der Waals surface area contributed by atoms with Crippen molar-refractivity contribution in [3.8, 4) is 0 Å². The normalized spacial score (nSPS) is 13.3. The van der Waals surface area contributed by atoms with Crippen LogP contribution in [0, 0.1) is 0 Å². The summed E-state index contributed by atoms with van der Waals surface area (Å²) in [4.78, 5) is 12.3. The second-order valence-electron chi connectivity index (χ2n) is 2.53. The number of carbonyl (C=O) groups excluding carboxylic acids is 1. The van der Waals surface area contributed by atoms with Crippen LogP contribution in [0.2, 0.25) is 0 Å². The Kier molecular flexibility index (Phi) is 5.60. The molecule has 0 aromatic carbocycles. The van der Waals surface area contributed by atoms with Gasteiger partial charge in [-0.15, -0.1) is 0 Å². The summed E-state index contributed by atoms with van der Waals surface area (Å²) in [7, 11) is 1.48. The molecule has 0 aliphatic carbocycles. The Hall–Kier alpha value is -0.660. The molecule has 0 saturated carbocycles. The van der Waals surface area contributed by atoms with E-state index in [0.717, 1.165) is 0 Å². The minimum atomic E-state index is -2.96. The third kappa shape index (κ3) is 5.56. The summed E-state index contributed by atoms with van der Waals surface area (Å²) < 4.78 is 29.3. The van der Waals surface area contributed by atoms with E-state index in [1.165, 1.54) is 12.0 Å². The summed E-state index contributed by atoms with van der Waals surface area (Å²) >= 11 is 0. The first kappa shape index (κ1) is 12.3. The minimum Gasteiger partial charge on any atom is -0.469 e. The van der Waals surface area contributed by atoms with Gasteiger partial charge in [-0.3, -0.25) is 13.9 Å². The van der Waals surface area contributed by atoms with Crippen LogP contribution in [0.25, 0.3) is 0 Å². The van der Waals surface area contributed by atoms with Crippen LogP contribution in [-0.4, -0.2) is 46.7 Å². The summed E-state index contributed by atoms with van der Waals surface area (Å²) in [5.41, 5.74) is 0. The van der Waals surface area contributed by atoms with Crippen molar-refractivity contribution >= 4 is 17.0 Å². The lowest BCUT2D eigenvalue weighted by molar-refractivity contribution is -0.144. The maximum Gasteiger partial charge on any atom is 0.309 e. The average Bonchev–Trinajstić information content (AvgIpc) is 2.02. The smallest absolute Gasteiger partial charge is 0.309 e. The maximum atomic E-state index is 10.8. The van der Waals surface area contributed by atoms with E-state index < -0.39 is 23.2 Å². The van der Waals surface area contributed by atoms with Crippen LogP contribution in [0.1, 0.15) is 6.42 Å². The number of hydrogen-bond acceptors (Lipinski definition) is 6. The Morgan fingerprint density at radius 3 is 2.31 bits per heavy atom. The van der Waals surface area contributed by atoms with Gasteiger partial charge in [0.15, 0.2) is 0 Å². The fraction of sp³-hybridized carbons (Fsp3) is 0.833. The molecule has 0 N–H and O–H groups in total. The molecule has 0 aromatic heterocycles. The first-order valence-electron chi connectivity index (χ1n) is 3.51. The van der Waals surface area contributed by atoms with Crippen molar-refractivity contribution < 1.29 is 22.1 Å². The molecule has 1 unspecified atom stereocenters. The van der Waals surface area contributed by atoms with E-state index in [4.69, 9.17) is 0 Å². The molecule has 0 aliphatic rings. The Balaban J connectivity index is 4.17. The van der Waals surface area contributed by atoms with E-state index in [-0.39, 0.29) is 6.42 Å². The predicted octanol–water partition coefficient (Wildman–Crippen LogP) is -1.02. The Bertz CT molecular complexity index is 229. The van der Waals surface area contributed by atoms with Crippen LogP contribution in [-0.2, 0) is 24.7 Å². The highest BCUT2D eigenvalue weighted by molar-refractivity contribution is 7.67. The predicted molar refractivity (Wildman–Crippen MR) is 45.5 cm³/mol. The molecule has 0 saturated heterocycles. The second-order valence-corrected chi connectivity index (χ2v) is 3.19. The number of esters is 1. The molecule has 7 heteroatoms. The van der Waals surface area contributed by atoms with Gasteiger partial charge in [0.25, 0.3) is 11.0 Å². The molecule has 6 nitrogen and oxygen atoms in total. The highest BCUT2D eigenvalue weighted by atomic mass is 32.2. The molecule has 0 fully saturated rings. The second kappa shape index (κ2) is 5.90. The number of ether oxygens (including phenoxy) is 1. The van der Waals surface area contributed by atoms with Crippen molar-refractivity contribution in [3.63, 3.8) is 0 Å². The Labute approximate surface area is 78.6 Å². The standard InChI is InChI=1S/C6H13NO5S/c1-7(2)5(12-13(9)10)4-6(8)11-3/h5,13H,4H2,1-3H3. The summed E-state index contributed by atoms with van der Waals surface area (Å²) in [6.07, 6.45) is -0.916. The number of rotatable bonds is 5. The van der Waals surface area contributed by atoms with Crippen LogP contribution in [0.5, 0.6) is 0 Å². The van der Waals surface area contributed by atoms with Gasteiger partial charge in [0.05, 0.1) is 13.5 Å². The fourth-order valence-corrected chi connectivity index (χ4v) is 1.10. The average molecular weight is 211 g/mol. The molecule has 1 atom stereocenters. The highest BCUT2D eigenvalue weighted by Gasteiger charge is 2.17. The van der Waals surface area contributed by atoms with E-state index in [1.807, 2.05) is 0 Å². The summed E-state index contributed by atoms with van der Waals surface area (Å²) in [6, 6.07) is 0. The molecule has 0 heterocycles. The molecule has 0 bridgehead atoms. The Morgan fingerprint density at radius 2 is 2.00 bits per heavy atom. The zero-order chi connectivity index (χ0) is 10.4. The molecular formula is C6H13NO5S. The van der Waals surface area contributed by atoms with Crippen LogP contribution in [0.4, 0.5) is 0 Å². The van der Waals surface area contributed by atoms with Gasteiger partial charge in [-0.25, -0.2) is 8.42 Å². The molecule has 0 spiro atoms. The lowest BCUT2D eigenvalue weighted by atomic mass is 10.4. The first-order valence-corrected chi connectivity index (χ1v) is 4.61. The molecule has 0 aromatic rings. The minimum absolute atomic E-state index is 0.118. The van der Waals surface area contributed by atoms with Gasteiger partial charge in [-0.1, -0.05) is 0 Å². The number of methoxy groups -OCH3 is 1. The van der Waals surface area contributed by atoms with Crippen molar-refractivity contribution in [1.82, 2.24) is 4.90 Å². The maximum absolute atomic E-state index is 10.8. The summed E-state index contributed by atoms with van der Waals surface area (Å²) in [5, 5.41) is 0. The fourth-order valence-electron chi connectivity index (χ4n) is 0.639. The molecule has 0 aliphatic heterocycles. The SMILES string of the molecule is COC(=O)CC(O[SH](=O)=O)N(C)C. The van der Waals surface area contributed by atoms with Gasteiger partial charge >= 0.3 is 5.97 Å². The molecular weight excluding hydrogens is 198 g/mol. The van der Waals surface area contributed by atoms with Crippen LogP contribution in [0.3, 0.4) is 0 Å². The Morgan fingerprint density at radius 1 is 1.46 bits per heavy atom. The van der Waals surface area contributed by atoms with Crippen LogP contribution < -0.4 is 0 Å². The van der Waals surface area contributed by atoms with E-state index >= 15 is 0 Å². The number of nitrogens with zero attached hydrogens (tertiary/aromatic N) is 1. The quantitative estimate of drug-likeness (QED) is 0.356. The summed E-state index contributed by atoms with van der Waals surface area (Å²) in [5.74, 6) is -0.518. The van der Waals surface area contributed by atoms with Crippen LogP contribution in [0.15, 0.2) is 0 Å². The van der Waals surface area contributed by atoms with E-state index in [9.17, 15) is 13.2 Å². The molecule has 0 amide bonds. The number of carbonyl (C=O) groups is 1. The third-order valence-corrected chi connectivity index (χ3v) is 1.77. The lowest BCUT2D eigenvalue weighted by Crippen LogP contribution is -2.32. The number of thiol groups is 1. The highest BCUT2D eigenvalue weighted by Crippen LogP contribution is 2.02. The van der Waals surface area contributed by atoms with Crippen molar-refractivity contribution in [2.24, 2.45) is 0 Å². The zero-order valence-corrected chi connectivity index (χ0v) is 8.61. The van der Waals surface area contributed by atoms with E-state index in [0.29, 0.717) is 0 Å². The van der Waals surface area contributed by atoms with Crippen LogP contribution >= 0.6 is 0 Å². The monoisotopic (exact) mass is 211 g/mol. The summed E-state index contributed by atoms with van der Waals surface area (Å²) in [6.45, 7) is 0. The third-order valence-electron chi connectivity index (χ3n) is 1.35. The molecule has 0 radical (unpaired) electrons. The van der Waals surface area contributed by atoms with Crippen molar-refractivity contribution in [3.05, 3.63) is 0 Å². The lowest BCUT2D eigenvalue weighted by Gasteiger charge is -2.19. The van der Waals surface area contributed by atoms with E-state index in [2.05, 4.69) is 8.92 Å². The largest absolute Gasteiger partial charge is 0.469 e. The van der Waals surface area contributed by atoms with Gasteiger partial charge in [0.1, 0.15) is 6.23 Å². The first-order chi connectivity index (χ1) is 5.97. The van der Waals surface area contributed by atoms with Gasteiger partial charge < -0.3 is 4.74 Å². The van der Waals surface area contributed by atoms with Crippen molar-refractivity contribution in [1.29, 1.82) is 0 Å². The van der Waals surface area contributed by atoms with Crippen molar-refractivity contribution in [2.75, 3.05) is 21.2 Å². The van der Waals surface area contributed by atoms with E-state index in [1.54, 1.807) is 14.1 Å². The van der Waals surface area contributed by atoms with Gasteiger partial charge in [-0.05, 0) is 14.1 Å². The van der Waals surface area contributed by atoms with Gasteiger partial charge in [0, 0.05) is 0 Å². The molecule has 13 heavy (non-hydrogen) atoms. The topological polar surface area (TPSA) is 72.9 Å². The van der Waals surface area contributed by atoms with Crippen molar-refractivity contribution in [2.45, 2.75) is 12.6 Å².